The van der Waals surface area contributed by atoms with E-state index in [2.05, 4.69) is 4.74 Å². The van der Waals surface area contributed by atoms with E-state index < -0.39 is 83.1 Å². The number of carbonyl (C=O) groups excluding carboxylic acids is 9. The van der Waals surface area contributed by atoms with Crippen molar-refractivity contribution in [2.45, 2.75) is 173 Å². The Labute approximate surface area is 475 Å². The number of carbonyl (C=O) groups is 10. The van der Waals surface area contributed by atoms with Gasteiger partial charge in [-0.2, -0.15) is 0 Å². The van der Waals surface area contributed by atoms with Crippen molar-refractivity contribution in [3.05, 3.63) is 94.3 Å². The summed E-state index contributed by atoms with van der Waals surface area (Å²) in [6.45, 7) is 14.7. The largest absolute Gasteiger partial charge is 0.480 e. The molecule has 0 radical (unpaired) electrons. The maximum Gasteiger partial charge on any atom is 0.411 e. The molecule has 4 saturated carbocycles. The average molecular weight is 1140 g/mol. The highest BCUT2D eigenvalue weighted by Crippen LogP contribution is 2.55. The van der Waals surface area contributed by atoms with Crippen molar-refractivity contribution >= 4 is 59.7 Å². The van der Waals surface area contributed by atoms with Crippen LogP contribution >= 0.6 is 0 Å². The molecule has 3 amide bonds. The van der Waals surface area contributed by atoms with Gasteiger partial charge in [-0.25, -0.2) is 38.4 Å². The fourth-order valence-corrected chi connectivity index (χ4v) is 11.6. The fraction of sp³-hybridized carbons (Fsp3) is 0.567. The van der Waals surface area contributed by atoms with Gasteiger partial charge in [-0.1, -0.05) is 60.7 Å². The summed E-state index contributed by atoms with van der Waals surface area (Å²) in [5, 5.41) is 9.02. The predicted octanol–water partition coefficient (Wildman–Crippen LogP) is 6.93. The van der Waals surface area contributed by atoms with E-state index in [1.165, 1.54) is 16.9 Å². The molecular formula is C60H74N4O18. The van der Waals surface area contributed by atoms with Crippen LogP contribution in [0.5, 0.6) is 0 Å². The lowest BCUT2D eigenvalue weighted by Crippen LogP contribution is -2.47. The maximum absolute atomic E-state index is 12.4. The van der Waals surface area contributed by atoms with Gasteiger partial charge in [0.1, 0.15) is 48.2 Å². The summed E-state index contributed by atoms with van der Waals surface area (Å²) in [6, 6.07) is 17.4. The number of aliphatic carboxylic acids is 1. The van der Waals surface area contributed by atoms with Gasteiger partial charge in [0.2, 0.25) is 0 Å². The van der Waals surface area contributed by atoms with Crippen molar-refractivity contribution in [3.8, 4) is 0 Å². The van der Waals surface area contributed by atoms with Crippen molar-refractivity contribution in [2.24, 2.45) is 23.7 Å². The first-order valence-electron chi connectivity index (χ1n) is 27.9. The number of ether oxygens (including phenoxy) is 7. The van der Waals surface area contributed by atoms with Gasteiger partial charge in [-0.05, 0) is 147 Å². The van der Waals surface area contributed by atoms with E-state index >= 15 is 0 Å². The van der Waals surface area contributed by atoms with E-state index in [1.54, 1.807) is 39.5 Å². The van der Waals surface area contributed by atoms with Crippen LogP contribution in [0.15, 0.2) is 60.7 Å². The van der Waals surface area contributed by atoms with Crippen LogP contribution < -0.4 is 0 Å². The number of rotatable bonds is 11. The number of esters is 5. The smallest absolute Gasteiger partial charge is 0.411 e. The molecule has 3 saturated heterocycles. The Morgan fingerprint density at radius 2 is 0.988 bits per heavy atom. The third-order valence-electron chi connectivity index (χ3n) is 15.7. The molecule has 3 aromatic rings. The van der Waals surface area contributed by atoms with Crippen molar-refractivity contribution in [1.29, 1.82) is 0 Å². The normalized spacial score (nSPS) is 25.8. The van der Waals surface area contributed by atoms with Crippen molar-refractivity contribution in [3.63, 3.8) is 0 Å². The van der Waals surface area contributed by atoms with Crippen LogP contribution in [0, 0.1) is 30.6 Å². The Bertz CT molecular complexity index is 2960. The van der Waals surface area contributed by atoms with Crippen LogP contribution in [0.1, 0.15) is 143 Å². The zero-order chi connectivity index (χ0) is 59.7. The monoisotopic (exact) mass is 1140 g/mol. The standard InChI is InChI=1S/C18H23NO4.C16H17NO5.C15H17NO5.C11H17NO4/c1-18(2,3)23-17(21)19-14-9-13(14)10-15(19)16(20)22-11-12-7-5-4-6-8-12;1-21-16(20)14(18)17-12-7-11(12)8-13(17)15(19)22-9-10-5-3-2-4-6-10;1-4-21-15(19)13(17)11-7(2)12(14(18)20-3)16-9-5-8(9)6-10(11)16;1-11(2,3)16-10(15)12-7-4-6(7)5-8(12)9(13)14/h4-8,13-15H,9-11H2,1-3H3;2-6,11-13H,7-9H2,1H3;8-9H,4-6H2,1-3H3;6-8H,4-5H2,1-3H3,(H,13,14)/t13-,14-,15-;11-,12-,13?;8-,9-;6-,7-,8-/m1111/s1. The molecule has 0 spiro atoms. The minimum atomic E-state index is -0.937. The minimum absolute atomic E-state index is 0.0270. The Morgan fingerprint density at radius 1 is 0.549 bits per heavy atom. The molecule has 82 heavy (non-hydrogen) atoms. The number of carboxylic acids is 1. The van der Waals surface area contributed by atoms with Gasteiger partial charge in [0.15, 0.2) is 0 Å². The lowest BCUT2D eigenvalue weighted by atomic mass is 10.0. The second kappa shape index (κ2) is 24.4. The molecule has 1 N–H and O–H groups in total. The van der Waals surface area contributed by atoms with Crippen molar-refractivity contribution < 1.29 is 86.2 Å². The molecule has 1 aromatic heterocycles. The number of amides is 3. The second-order valence-corrected chi connectivity index (χ2v) is 23.9. The van der Waals surface area contributed by atoms with Gasteiger partial charge in [0.25, 0.3) is 5.78 Å². The number of carboxylic acid groups (broad SMARTS) is 1. The van der Waals surface area contributed by atoms with Crippen LogP contribution in [0.4, 0.5) is 9.59 Å². The van der Waals surface area contributed by atoms with E-state index in [0.717, 1.165) is 56.0 Å². The molecular weight excluding hydrogens is 1060 g/mol. The third kappa shape index (κ3) is 13.8. The summed E-state index contributed by atoms with van der Waals surface area (Å²) in [4.78, 5) is 124. The molecule has 7 fully saturated rings. The number of hydrogen-bond acceptors (Lipinski definition) is 17. The number of Topliss-reactive ketones (excluding diaryl/α,β-unsaturated/α-hetero) is 1. The molecule has 1 unspecified atom stereocenters. The van der Waals surface area contributed by atoms with Crippen LogP contribution in [0.3, 0.4) is 0 Å². The van der Waals surface area contributed by atoms with E-state index in [1.807, 2.05) is 86.0 Å². The number of likely N-dealkylation sites (tertiary alicyclic amines) is 3. The van der Waals surface area contributed by atoms with Crippen molar-refractivity contribution in [1.82, 2.24) is 19.3 Å². The number of methoxy groups -OCH3 is 2. The quantitative estimate of drug-likeness (QED) is 0.0881. The van der Waals surface area contributed by atoms with Gasteiger partial charge < -0.3 is 47.7 Å². The van der Waals surface area contributed by atoms with Gasteiger partial charge in [0.05, 0.1) is 26.4 Å². The Kier molecular flexibility index (Phi) is 17.9. The van der Waals surface area contributed by atoms with Crippen molar-refractivity contribution in [2.75, 3.05) is 20.8 Å². The second-order valence-electron chi connectivity index (χ2n) is 23.9. The molecule has 4 aliphatic carbocycles. The molecule has 11 atom stereocenters. The van der Waals surface area contributed by atoms with Gasteiger partial charge in [-0.3, -0.25) is 19.4 Å². The molecule has 11 rings (SSSR count). The molecule has 8 aliphatic rings. The summed E-state index contributed by atoms with van der Waals surface area (Å²) in [5.74, 6) is -3.89. The first-order chi connectivity index (χ1) is 38.8. The molecule has 22 nitrogen and oxygen atoms in total. The lowest BCUT2D eigenvalue weighted by Gasteiger charge is -2.29. The number of hydrogen-bond donors (Lipinski definition) is 1. The molecule has 4 aliphatic heterocycles. The fourth-order valence-electron chi connectivity index (χ4n) is 11.6. The first kappa shape index (κ1) is 60.3. The lowest BCUT2D eigenvalue weighted by molar-refractivity contribution is -0.164. The minimum Gasteiger partial charge on any atom is -0.480 e. The highest BCUT2D eigenvalue weighted by Gasteiger charge is 2.60. The summed E-state index contributed by atoms with van der Waals surface area (Å²) < 4.78 is 37.3. The number of benzene rings is 2. The molecule has 22 heteroatoms. The summed E-state index contributed by atoms with van der Waals surface area (Å²) in [6.07, 6.45) is 5.35. The van der Waals surface area contributed by atoms with Crippen LogP contribution in [0.25, 0.3) is 0 Å². The maximum atomic E-state index is 12.4. The molecule has 5 heterocycles. The number of ketones is 1. The number of nitrogens with zero attached hydrogens (tertiary/aromatic N) is 4. The van der Waals surface area contributed by atoms with E-state index in [-0.39, 0.29) is 50.0 Å². The number of fused-ring (bicyclic) bond motifs is 6. The summed E-state index contributed by atoms with van der Waals surface area (Å²) in [7, 11) is 2.47. The molecule has 0 bridgehead atoms. The topological polar surface area (TPSA) is 270 Å². The van der Waals surface area contributed by atoms with Gasteiger partial charge >= 0.3 is 53.9 Å². The average Bonchev–Trinajstić information content (AvgIpc) is 4.16. The Hall–Kier alpha value is -7.78. The highest BCUT2D eigenvalue weighted by molar-refractivity contribution is 6.41. The highest BCUT2D eigenvalue weighted by atomic mass is 16.6. The summed E-state index contributed by atoms with van der Waals surface area (Å²) in [5.41, 5.74) is 2.67. The van der Waals surface area contributed by atoms with E-state index in [9.17, 15) is 47.9 Å². The van der Waals surface area contributed by atoms with Gasteiger partial charge in [-0.15, -0.1) is 0 Å². The number of aromatic nitrogens is 1. The van der Waals surface area contributed by atoms with Crippen LogP contribution in [-0.4, -0.2) is 152 Å². The van der Waals surface area contributed by atoms with Crippen LogP contribution in [-0.2, 0) is 81.6 Å². The van der Waals surface area contributed by atoms with E-state index in [0.29, 0.717) is 59.8 Å². The number of piperidine rings is 3. The summed E-state index contributed by atoms with van der Waals surface area (Å²) >= 11 is 0. The predicted molar refractivity (Wildman–Crippen MR) is 288 cm³/mol. The first-order valence-corrected chi connectivity index (χ1v) is 27.9. The third-order valence-corrected chi connectivity index (χ3v) is 15.7. The SMILES string of the molecule is CC(C)(C)OC(=O)N1[C@@H](C(=O)O)C[C@H]2C[C@H]21.CC(C)(C)OC(=O)N1[C@@H](C(=O)OCc2ccccc2)C[C@H]2C[C@H]21.CCOC(=O)C(=O)c1c(C)c(C(=O)OC)n2c1C[C@H]1C[C@H]12.COC(=O)C(=O)N1C(C(=O)OCc2ccccc2)C[C@H]2C[C@H]21. The van der Waals surface area contributed by atoms with Gasteiger partial charge in [0, 0.05) is 29.9 Å². The Morgan fingerprint density at radius 3 is 1.43 bits per heavy atom. The van der Waals surface area contributed by atoms with Crippen LogP contribution in [0.2, 0.25) is 0 Å². The zero-order valence-electron chi connectivity index (χ0n) is 48.1. The Balaban J connectivity index is 0.000000144. The molecule has 442 valence electrons. The zero-order valence-corrected chi connectivity index (χ0v) is 48.1. The van der Waals surface area contributed by atoms with E-state index in [4.69, 9.17) is 33.5 Å². The molecule has 2 aromatic carbocycles.